The predicted octanol–water partition coefficient (Wildman–Crippen LogP) is 4.20. The van der Waals surface area contributed by atoms with E-state index in [9.17, 15) is 18.0 Å². The van der Waals surface area contributed by atoms with Crippen molar-refractivity contribution >= 4 is 17.0 Å². The number of aromatic nitrogens is 4. The number of benzene rings is 1. The summed E-state index contributed by atoms with van der Waals surface area (Å²) in [6, 6.07) is 5.50. The maximum absolute atomic E-state index is 13.6. The molecule has 2 N–H and O–H groups in total. The van der Waals surface area contributed by atoms with Crippen LogP contribution in [0.3, 0.4) is 0 Å². The van der Waals surface area contributed by atoms with Crippen molar-refractivity contribution in [1.29, 1.82) is 0 Å². The fourth-order valence-corrected chi connectivity index (χ4v) is 4.21. The van der Waals surface area contributed by atoms with E-state index in [2.05, 4.69) is 20.4 Å². The Labute approximate surface area is 165 Å². The fraction of sp³-hybridized carbons (Fsp3) is 0.450. The molecule has 0 amide bonds. The summed E-state index contributed by atoms with van der Waals surface area (Å²) < 4.78 is 42.3. The lowest BCUT2D eigenvalue weighted by atomic mass is 9.84. The van der Waals surface area contributed by atoms with Gasteiger partial charge in [-0.1, -0.05) is 37.5 Å². The third-order valence-corrected chi connectivity index (χ3v) is 5.61. The van der Waals surface area contributed by atoms with Crippen LogP contribution in [0.1, 0.15) is 49.1 Å². The van der Waals surface area contributed by atoms with Crippen LogP contribution in [0.4, 0.5) is 19.1 Å². The lowest BCUT2D eigenvalue weighted by Crippen LogP contribution is -2.30. The van der Waals surface area contributed by atoms with Crippen molar-refractivity contribution in [2.45, 2.75) is 50.2 Å². The summed E-state index contributed by atoms with van der Waals surface area (Å²) in [6.07, 6.45) is 1.10. The highest BCUT2D eigenvalue weighted by Crippen LogP contribution is 2.40. The van der Waals surface area contributed by atoms with E-state index in [1.165, 1.54) is 16.9 Å². The van der Waals surface area contributed by atoms with Crippen molar-refractivity contribution in [1.82, 2.24) is 19.7 Å². The monoisotopic (exact) mass is 405 g/mol. The molecule has 1 aliphatic carbocycles. The Morgan fingerprint density at radius 1 is 1.17 bits per heavy atom. The largest absolute Gasteiger partial charge is 0.416 e. The van der Waals surface area contributed by atoms with Crippen molar-refractivity contribution in [2.75, 3.05) is 5.32 Å². The van der Waals surface area contributed by atoms with Gasteiger partial charge >= 0.3 is 6.18 Å². The zero-order chi connectivity index (χ0) is 20.6. The van der Waals surface area contributed by atoms with Gasteiger partial charge in [-0.3, -0.25) is 14.5 Å². The van der Waals surface area contributed by atoms with Gasteiger partial charge in [0.05, 0.1) is 11.8 Å². The van der Waals surface area contributed by atoms with Crippen LogP contribution in [-0.4, -0.2) is 25.8 Å². The summed E-state index contributed by atoms with van der Waals surface area (Å²) in [4.78, 5) is 19.4. The van der Waals surface area contributed by atoms with E-state index in [0.717, 1.165) is 25.3 Å². The Kier molecular flexibility index (Phi) is 5.06. The molecule has 2 atom stereocenters. The van der Waals surface area contributed by atoms with Crippen molar-refractivity contribution in [2.24, 2.45) is 7.05 Å². The molecule has 154 valence electrons. The quantitative estimate of drug-likeness (QED) is 0.641. The molecule has 0 bridgehead atoms. The van der Waals surface area contributed by atoms with Crippen molar-refractivity contribution in [3.8, 4) is 0 Å². The van der Waals surface area contributed by atoms with Gasteiger partial charge in [0.25, 0.3) is 5.56 Å². The van der Waals surface area contributed by atoms with Crippen LogP contribution < -0.4 is 10.9 Å². The SMILES string of the molecule is Cn1ncc2c(=O)[nH]c(N[C@@H]3CCCCC[C@H]3c3ccccc3C(F)(F)F)nc21. The average molecular weight is 405 g/mol. The van der Waals surface area contributed by atoms with Gasteiger partial charge in [-0.05, 0) is 24.5 Å². The number of nitrogens with one attached hydrogen (secondary N) is 2. The predicted molar refractivity (Wildman–Crippen MR) is 104 cm³/mol. The second-order valence-corrected chi connectivity index (χ2v) is 7.50. The minimum absolute atomic E-state index is 0.257. The lowest BCUT2D eigenvalue weighted by Gasteiger charge is -2.29. The van der Waals surface area contributed by atoms with E-state index in [-0.39, 0.29) is 23.5 Å². The summed E-state index contributed by atoms with van der Waals surface area (Å²) >= 11 is 0. The summed E-state index contributed by atoms with van der Waals surface area (Å²) in [7, 11) is 1.69. The zero-order valence-corrected chi connectivity index (χ0v) is 16.0. The number of hydrogen-bond donors (Lipinski definition) is 2. The number of aromatic amines is 1. The van der Waals surface area contributed by atoms with Gasteiger partial charge in [0.1, 0.15) is 5.39 Å². The lowest BCUT2D eigenvalue weighted by molar-refractivity contribution is -0.138. The van der Waals surface area contributed by atoms with Crippen LogP contribution in [0, 0.1) is 0 Å². The maximum Gasteiger partial charge on any atom is 0.416 e. The highest BCUT2D eigenvalue weighted by Gasteiger charge is 2.37. The Hall–Kier alpha value is -2.84. The molecule has 1 fully saturated rings. The van der Waals surface area contributed by atoms with Crippen molar-refractivity contribution < 1.29 is 13.2 Å². The molecule has 0 spiro atoms. The van der Waals surface area contributed by atoms with E-state index in [1.807, 2.05) is 0 Å². The molecule has 6 nitrogen and oxygen atoms in total. The Morgan fingerprint density at radius 3 is 2.72 bits per heavy atom. The molecule has 1 aromatic carbocycles. The molecule has 2 aromatic heterocycles. The van der Waals surface area contributed by atoms with Gasteiger partial charge in [-0.15, -0.1) is 0 Å². The smallest absolute Gasteiger partial charge is 0.352 e. The average Bonchev–Trinajstić information content (AvgIpc) is 2.90. The number of aryl methyl sites for hydroxylation is 1. The second kappa shape index (κ2) is 7.53. The number of alkyl halides is 3. The molecule has 3 aromatic rings. The number of hydrogen-bond acceptors (Lipinski definition) is 4. The van der Waals surface area contributed by atoms with Crippen LogP contribution >= 0.6 is 0 Å². The maximum atomic E-state index is 13.6. The standard InChI is InChI=1S/C20H22F3N5O/c1-28-17-14(11-24-28)18(29)27-19(26-17)25-16-10-4-2-3-8-13(16)12-7-5-6-9-15(12)20(21,22)23/h5-7,9,11,13,16H,2-4,8,10H2,1H3,(H2,25,26,27,29)/t13-,16+/m0/s1. The summed E-state index contributed by atoms with van der Waals surface area (Å²) in [5.74, 6) is -0.0737. The number of fused-ring (bicyclic) bond motifs is 1. The molecular formula is C20H22F3N5O. The highest BCUT2D eigenvalue weighted by atomic mass is 19.4. The van der Waals surface area contributed by atoms with E-state index in [0.29, 0.717) is 29.4 Å². The molecule has 29 heavy (non-hydrogen) atoms. The van der Waals surface area contributed by atoms with Crippen LogP contribution in [0.25, 0.3) is 11.0 Å². The van der Waals surface area contributed by atoms with Crippen LogP contribution in [0.2, 0.25) is 0 Å². The molecule has 0 aliphatic heterocycles. The molecular weight excluding hydrogens is 383 g/mol. The van der Waals surface area contributed by atoms with Crippen LogP contribution in [0.15, 0.2) is 35.3 Å². The normalized spacial score (nSPS) is 20.6. The summed E-state index contributed by atoms with van der Waals surface area (Å²) in [6.45, 7) is 0. The van der Waals surface area contributed by atoms with E-state index < -0.39 is 11.7 Å². The molecule has 1 aliphatic rings. The third-order valence-electron chi connectivity index (χ3n) is 5.61. The Morgan fingerprint density at radius 2 is 1.93 bits per heavy atom. The molecule has 0 saturated heterocycles. The molecule has 1 saturated carbocycles. The second-order valence-electron chi connectivity index (χ2n) is 7.50. The third kappa shape index (κ3) is 3.86. The van der Waals surface area contributed by atoms with Gasteiger partial charge in [0.2, 0.25) is 5.95 Å². The van der Waals surface area contributed by atoms with Crippen molar-refractivity contribution in [3.05, 3.63) is 51.9 Å². The van der Waals surface area contributed by atoms with Crippen LogP contribution in [0.5, 0.6) is 0 Å². The first-order valence-electron chi connectivity index (χ1n) is 9.69. The van der Waals surface area contributed by atoms with E-state index in [1.54, 1.807) is 19.2 Å². The first-order valence-corrected chi connectivity index (χ1v) is 9.69. The number of anilines is 1. The minimum atomic E-state index is -4.41. The number of halogens is 3. The fourth-order valence-electron chi connectivity index (χ4n) is 4.21. The van der Waals surface area contributed by atoms with Crippen LogP contribution in [-0.2, 0) is 13.2 Å². The van der Waals surface area contributed by atoms with Gasteiger partial charge in [-0.2, -0.15) is 23.3 Å². The first kappa shape index (κ1) is 19.5. The van der Waals surface area contributed by atoms with Gasteiger partial charge in [-0.25, -0.2) is 0 Å². The highest BCUT2D eigenvalue weighted by molar-refractivity contribution is 5.74. The Bertz CT molecular complexity index is 1070. The number of nitrogens with zero attached hydrogens (tertiary/aromatic N) is 3. The number of H-pyrrole nitrogens is 1. The molecule has 9 heteroatoms. The minimum Gasteiger partial charge on any atom is -0.352 e. The number of rotatable bonds is 3. The molecule has 0 radical (unpaired) electrons. The van der Waals surface area contributed by atoms with E-state index >= 15 is 0 Å². The summed E-state index contributed by atoms with van der Waals surface area (Å²) in [5.41, 5.74) is -0.200. The zero-order valence-electron chi connectivity index (χ0n) is 16.0. The van der Waals surface area contributed by atoms with Gasteiger partial charge in [0.15, 0.2) is 5.65 Å². The summed E-state index contributed by atoms with van der Waals surface area (Å²) in [5, 5.41) is 7.64. The Balaban J connectivity index is 1.72. The molecule has 2 heterocycles. The first-order chi connectivity index (χ1) is 13.8. The van der Waals surface area contributed by atoms with E-state index in [4.69, 9.17) is 0 Å². The molecule has 0 unspecified atom stereocenters. The van der Waals surface area contributed by atoms with Gasteiger partial charge in [0, 0.05) is 19.0 Å². The van der Waals surface area contributed by atoms with Gasteiger partial charge < -0.3 is 5.32 Å². The topological polar surface area (TPSA) is 75.6 Å². The van der Waals surface area contributed by atoms with Crippen molar-refractivity contribution in [3.63, 3.8) is 0 Å². The molecule has 4 rings (SSSR count).